The highest BCUT2D eigenvalue weighted by molar-refractivity contribution is 7.00. The van der Waals surface area contributed by atoms with E-state index in [-0.39, 0.29) is 5.91 Å². The fourth-order valence-electron chi connectivity index (χ4n) is 2.03. The molecule has 0 saturated heterocycles. The number of fused-ring (bicyclic) bond motifs is 1. The van der Waals surface area contributed by atoms with Crippen molar-refractivity contribution in [2.75, 3.05) is 7.11 Å². The topological polar surface area (TPSA) is 64.1 Å². The van der Waals surface area contributed by atoms with Gasteiger partial charge in [-0.2, -0.15) is 8.75 Å². The minimum Gasteiger partial charge on any atom is -0.501 e. The number of carbonyl (C=O) groups excluding carboxylic acids is 1. The molecule has 1 aliphatic rings. The van der Waals surface area contributed by atoms with Crippen LogP contribution in [0.4, 0.5) is 0 Å². The molecule has 0 radical (unpaired) electrons. The smallest absolute Gasteiger partial charge is 0.255 e. The third kappa shape index (κ3) is 2.55. The van der Waals surface area contributed by atoms with Crippen molar-refractivity contribution in [2.45, 2.75) is 12.8 Å². The number of aromatic nitrogens is 2. The molecule has 0 fully saturated rings. The van der Waals surface area contributed by atoms with Crippen LogP contribution in [0, 0.1) is 0 Å². The van der Waals surface area contributed by atoms with Crippen LogP contribution in [0.3, 0.4) is 0 Å². The van der Waals surface area contributed by atoms with Gasteiger partial charge in [-0.05, 0) is 36.8 Å². The van der Waals surface area contributed by atoms with Crippen LogP contribution in [0.1, 0.15) is 23.2 Å². The minimum atomic E-state index is -0.125. The quantitative estimate of drug-likeness (QED) is 0.942. The van der Waals surface area contributed by atoms with Gasteiger partial charge in [-0.25, -0.2) is 0 Å². The number of allylic oxidation sites excluding steroid dienone is 4. The van der Waals surface area contributed by atoms with Crippen molar-refractivity contribution < 1.29 is 9.53 Å². The van der Waals surface area contributed by atoms with E-state index in [0.717, 1.165) is 47.1 Å². The van der Waals surface area contributed by atoms with E-state index in [0.29, 0.717) is 5.56 Å². The van der Waals surface area contributed by atoms with E-state index in [1.165, 1.54) is 0 Å². The third-order valence-electron chi connectivity index (χ3n) is 3.16. The number of ether oxygens (including phenoxy) is 1. The standard InChI is InChI=1S/C14H13N3O2S/c1-19-11-5-3-10(4-6-11)15-14(18)9-2-7-12-13(8-9)17-20-16-12/h2-3,5,7-8H,4,6H2,1H3,(H,15,18). The minimum absolute atomic E-state index is 0.125. The van der Waals surface area contributed by atoms with E-state index < -0.39 is 0 Å². The van der Waals surface area contributed by atoms with E-state index in [1.54, 1.807) is 19.2 Å². The zero-order chi connectivity index (χ0) is 13.9. The molecule has 0 unspecified atom stereocenters. The molecule has 20 heavy (non-hydrogen) atoms. The molecule has 5 nitrogen and oxygen atoms in total. The van der Waals surface area contributed by atoms with Gasteiger partial charge in [0, 0.05) is 17.7 Å². The average Bonchev–Trinajstić information content (AvgIpc) is 2.95. The van der Waals surface area contributed by atoms with Crippen LogP contribution in [0.2, 0.25) is 0 Å². The van der Waals surface area contributed by atoms with Crippen LogP contribution in [-0.2, 0) is 4.74 Å². The number of amides is 1. The molecule has 102 valence electrons. The highest BCUT2D eigenvalue weighted by atomic mass is 32.1. The highest BCUT2D eigenvalue weighted by Gasteiger charge is 2.12. The van der Waals surface area contributed by atoms with Crippen LogP contribution >= 0.6 is 11.7 Å². The summed E-state index contributed by atoms with van der Waals surface area (Å²) in [4.78, 5) is 12.2. The largest absolute Gasteiger partial charge is 0.501 e. The van der Waals surface area contributed by atoms with Gasteiger partial charge in [0.2, 0.25) is 0 Å². The van der Waals surface area contributed by atoms with Gasteiger partial charge in [0.1, 0.15) is 11.0 Å². The number of methoxy groups -OCH3 is 1. The first-order valence-electron chi connectivity index (χ1n) is 6.23. The van der Waals surface area contributed by atoms with Crippen LogP contribution in [0.25, 0.3) is 11.0 Å². The van der Waals surface area contributed by atoms with Crippen molar-refractivity contribution in [3.8, 4) is 0 Å². The van der Waals surface area contributed by atoms with Gasteiger partial charge in [0.25, 0.3) is 5.91 Å². The molecule has 0 bridgehead atoms. The molecule has 3 rings (SSSR count). The SMILES string of the molecule is COC1=CC=C(NC(=O)c2ccc3nsnc3c2)CC1. The molecule has 1 aliphatic carbocycles. The van der Waals surface area contributed by atoms with Crippen molar-refractivity contribution in [3.05, 3.63) is 47.4 Å². The average molecular weight is 287 g/mol. The molecule has 2 aromatic rings. The van der Waals surface area contributed by atoms with Gasteiger partial charge in [0.15, 0.2) is 0 Å². The molecule has 0 spiro atoms. The maximum absolute atomic E-state index is 12.2. The number of nitrogens with zero attached hydrogens (tertiary/aromatic N) is 2. The molecule has 0 saturated carbocycles. The summed E-state index contributed by atoms with van der Waals surface area (Å²) in [5.74, 6) is 0.804. The van der Waals surface area contributed by atoms with E-state index >= 15 is 0 Å². The Labute approximate surface area is 120 Å². The van der Waals surface area contributed by atoms with Crippen molar-refractivity contribution in [1.82, 2.24) is 14.1 Å². The number of rotatable bonds is 3. The second-order valence-electron chi connectivity index (χ2n) is 4.45. The van der Waals surface area contributed by atoms with Gasteiger partial charge >= 0.3 is 0 Å². The molecule has 1 aromatic carbocycles. The molecule has 0 aliphatic heterocycles. The Bertz CT molecular complexity index is 718. The summed E-state index contributed by atoms with van der Waals surface area (Å²) in [6, 6.07) is 5.33. The fraction of sp³-hybridized carbons (Fsp3) is 0.214. The predicted octanol–water partition coefficient (Wildman–Crippen LogP) is 2.63. The Morgan fingerprint density at radius 1 is 1.25 bits per heavy atom. The fourth-order valence-corrected chi connectivity index (χ4v) is 2.55. The normalized spacial score (nSPS) is 14.7. The lowest BCUT2D eigenvalue weighted by Gasteiger charge is -2.14. The lowest BCUT2D eigenvalue weighted by Crippen LogP contribution is -2.23. The Hall–Kier alpha value is -2.21. The predicted molar refractivity (Wildman–Crippen MR) is 77.3 cm³/mol. The summed E-state index contributed by atoms with van der Waals surface area (Å²) < 4.78 is 13.4. The van der Waals surface area contributed by atoms with Gasteiger partial charge < -0.3 is 10.1 Å². The Morgan fingerprint density at radius 2 is 2.10 bits per heavy atom. The maximum Gasteiger partial charge on any atom is 0.255 e. The summed E-state index contributed by atoms with van der Waals surface area (Å²) in [6.07, 6.45) is 5.33. The van der Waals surface area contributed by atoms with Gasteiger partial charge in [-0.1, -0.05) is 0 Å². The van der Waals surface area contributed by atoms with E-state index in [9.17, 15) is 4.79 Å². The van der Waals surface area contributed by atoms with Crippen molar-refractivity contribution >= 4 is 28.7 Å². The lowest BCUT2D eigenvalue weighted by molar-refractivity contribution is 0.0964. The molecule has 1 amide bonds. The Morgan fingerprint density at radius 3 is 2.85 bits per heavy atom. The summed E-state index contributed by atoms with van der Waals surface area (Å²) in [7, 11) is 1.65. The van der Waals surface area contributed by atoms with Crippen molar-refractivity contribution in [3.63, 3.8) is 0 Å². The molecule has 1 aromatic heterocycles. The van der Waals surface area contributed by atoms with Crippen LogP contribution < -0.4 is 5.32 Å². The summed E-state index contributed by atoms with van der Waals surface area (Å²) in [5.41, 5.74) is 3.05. The molecule has 0 atom stereocenters. The van der Waals surface area contributed by atoms with Crippen LogP contribution in [-0.4, -0.2) is 21.8 Å². The Kier molecular flexibility index (Phi) is 3.47. The molecular formula is C14H13N3O2S. The number of hydrogen-bond acceptors (Lipinski definition) is 5. The second kappa shape index (κ2) is 5.42. The van der Waals surface area contributed by atoms with Crippen molar-refractivity contribution in [1.29, 1.82) is 0 Å². The number of carbonyl (C=O) groups is 1. The number of hydrogen-bond donors (Lipinski definition) is 1. The van der Waals surface area contributed by atoms with E-state index in [2.05, 4.69) is 14.1 Å². The monoisotopic (exact) mass is 287 g/mol. The van der Waals surface area contributed by atoms with Gasteiger partial charge in [0.05, 0.1) is 24.6 Å². The van der Waals surface area contributed by atoms with Gasteiger partial charge in [-0.15, -0.1) is 0 Å². The van der Waals surface area contributed by atoms with E-state index in [4.69, 9.17) is 4.74 Å². The third-order valence-corrected chi connectivity index (χ3v) is 3.72. The first-order valence-corrected chi connectivity index (χ1v) is 6.96. The first-order chi connectivity index (χ1) is 9.76. The number of benzene rings is 1. The lowest BCUT2D eigenvalue weighted by atomic mass is 10.1. The zero-order valence-electron chi connectivity index (χ0n) is 10.9. The zero-order valence-corrected chi connectivity index (χ0v) is 11.7. The number of nitrogens with one attached hydrogen (secondary N) is 1. The molecular weight excluding hydrogens is 274 g/mol. The maximum atomic E-state index is 12.2. The molecule has 6 heteroatoms. The summed E-state index contributed by atoms with van der Waals surface area (Å²) in [5, 5.41) is 2.91. The summed E-state index contributed by atoms with van der Waals surface area (Å²) >= 11 is 1.15. The second-order valence-corrected chi connectivity index (χ2v) is 4.98. The highest BCUT2D eigenvalue weighted by Crippen LogP contribution is 2.18. The van der Waals surface area contributed by atoms with Crippen LogP contribution in [0.5, 0.6) is 0 Å². The van der Waals surface area contributed by atoms with Crippen molar-refractivity contribution in [2.24, 2.45) is 0 Å². The first kappa shape index (κ1) is 12.8. The van der Waals surface area contributed by atoms with E-state index in [1.807, 2.05) is 18.2 Å². The molecule has 1 N–H and O–H groups in total. The van der Waals surface area contributed by atoms with Crippen LogP contribution in [0.15, 0.2) is 41.8 Å². The molecule has 1 heterocycles. The summed E-state index contributed by atoms with van der Waals surface area (Å²) in [6.45, 7) is 0. The van der Waals surface area contributed by atoms with Gasteiger partial charge in [-0.3, -0.25) is 4.79 Å². The Balaban J connectivity index is 1.76.